The van der Waals surface area contributed by atoms with Gasteiger partial charge in [0.15, 0.2) is 6.29 Å². The minimum atomic E-state index is -1.53. The lowest BCUT2D eigenvalue weighted by Gasteiger charge is -2.39. The van der Waals surface area contributed by atoms with Crippen molar-refractivity contribution in [3.8, 4) is 0 Å². The minimum absolute atomic E-state index is 0.105. The Kier molecular flexibility index (Phi) is 32.1. The van der Waals surface area contributed by atoms with Crippen LogP contribution in [-0.2, 0) is 23.7 Å². The van der Waals surface area contributed by atoms with Gasteiger partial charge in [-0.3, -0.25) is 4.79 Å². The second-order valence-electron chi connectivity index (χ2n) is 14.8. The summed E-state index contributed by atoms with van der Waals surface area (Å²) < 4.78 is 22.8. The molecular weight excluding hydrogens is 636 g/mol. The van der Waals surface area contributed by atoms with Crippen molar-refractivity contribution in [1.82, 2.24) is 0 Å². The number of hydrogen-bond donors (Lipinski definition) is 4. The zero-order valence-electron chi connectivity index (χ0n) is 32.4. The standard InChI is InChI=1S/C41H80O9/c1-3-5-7-9-11-13-15-17-18-19-20-22-24-26-28-30-37(43)49-35(34-48-41-40(46)39(45)38(44)36(32-42)50-41)33-47-31-29-27-25-23-21-16-14-12-10-8-6-4-2/h35-36,38-42,44-46H,3-34H2,1-2H3. The predicted octanol–water partition coefficient (Wildman–Crippen LogP) is 8.69. The summed E-state index contributed by atoms with van der Waals surface area (Å²) in [4.78, 5) is 12.7. The van der Waals surface area contributed by atoms with Crippen LogP contribution in [0.15, 0.2) is 0 Å². The normalized spacial score (nSPS) is 21.4. The van der Waals surface area contributed by atoms with Crippen molar-refractivity contribution in [2.45, 2.75) is 230 Å². The average molecular weight is 717 g/mol. The summed E-state index contributed by atoms with van der Waals surface area (Å²) in [5.74, 6) is -0.309. The molecule has 1 aliphatic heterocycles. The molecule has 0 aliphatic carbocycles. The highest BCUT2D eigenvalue weighted by Gasteiger charge is 2.44. The van der Waals surface area contributed by atoms with Crippen molar-refractivity contribution in [1.29, 1.82) is 0 Å². The molecule has 4 N–H and O–H groups in total. The van der Waals surface area contributed by atoms with E-state index in [0.29, 0.717) is 13.0 Å². The summed E-state index contributed by atoms with van der Waals surface area (Å²) in [6, 6.07) is 0. The van der Waals surface area contributed by atoms with Gasteiger partial charge in [-0.05, 0) is 12.8 Å². The number of carbonyl (C=O) groups is 1. The van der Waals surface area contributed by atoms with Crippen molar-refractivity contribution >= 4 is 5.97 Å². The maximum atomic E-state index is 12.7. The zero-order chi connectivity index (χ0) is 36.5. The molecule has 6 unspecified atom stereocenters. The number of rotatable bonds is 36. The van der Waals surface area contributed by atoms with E-state index in [1.54, 1.807) is 0 Å². The van der Waals surface area contributed by atoms with Crippen LogP contribution in [0, 0.1) is 0 Å². The Bertz CT molecular complexity index is 737. The lowest BCUT2D eigenvalue weighted by Crippen LogP contribution is -2.59. The number of hydrogen-bond acceptors (Lipinski definition) is 9. The van der Waals surface area contributed by atoms with Gasteiger partial charge in [0.25, 0.3) is 0 Å². The van der Waals surface area contributed by atoms with Gasteiger partial charge in [0, 0.05) is 13.0 Å². The predicted molar refractivity (Wildman–Crippen MR) is 201 cm³/mol. The van der Waals surface area contributed by atoms with E-state index in [4.69, 9.17) is 18.9 Å². The Hall–Kier alpha value is -0.810. The fraction of sp³-hybridized carbons (Fsp3) is 0.976. The fourth-order valence-corrected chi connectivity index (χ4v) is 6.67. The molecule has 0 aromatic carbocycles. The Morgan fingerprint density at radius 1 is 0.560 bits per heavy atom. The molecular formula is C41H80O9. The molecule has 298 valence electrons. The van der Waals surface area contributed by atoms with Gasteiger partial charge in [0.05, 0.1) is 19.8 Å². The number of aliphatic hydroxyl groups excluding tert-OH is 4. The summed E-state index contributed by atoms with van der Waals surface area (Å²) >= 11 is 0. The van der Waals surface area contributed by atoms with Crippen LogP contribution in [0.4, 0.5) is 0 Å². The Morgan fingerprint density at radius 3 is 1.42 bits per heavy atom. The van der Waals surface area contributed by atoms with Crippen molar-refractivity contribution in [3.63, 3.8) is 0 Å². The van der Waals surface area contributed by atoms with Gasteiger partial charge in [-0.1, -0.05) is 174 Å². The van der Waals surface area contributed by atoms with E-state index in [2.05, 4.69) is 13.8 Å². The summed E-state index contributed by atoms with van der Waals surface area (Å²) in [6.45, 7) is 4.59. The van der Waals surface area contributed by atoms with Crippen molar-refractivity contribution in [3.05, 3.63) is 0 Å². The molecule has 50 heavy (non-hydrogen) atoms. The van der Waals surface area contributed by atoms with Gasteiger partial charge in [0.2, 0.25) is 0 Å². The molecule has 1 saturated heterocycles. The molecule has 9 heteroatoms. The summed E-state index contributed by atoms with van der Waals surface area (Å²) in [5, 5.41) is 40.0. The molecule has 0 amide bonds. The topological polar surface area (TPSA) is 135 Å². The van der Waals surface area contributed by atoms with Gasteiger partial charge in [-0.2, -0.15) is 0 Å². The number of ether oxygens (including phenoxy) is 4. The number of esters is 1. The van der Waals surface area contributed by atoms with Gasteiger partial charge in [-0.25, -0.2) is 0 Å². The van der Waals surface area contributed by atoms with Crippen LogP contribution < -0.4 is 0 Å². The third kappa shape index (κ3) is 25.2. The molecule has 0 radical (unpaired) electrons. The Morgan fingerprint density at radius 2 is 0.980 bits per heavy atom. The maximum absolute atomic E-state index is 12.7. The quantitative estimate of drug-likeness (QED) is 0.0371. The highest BCUT2D eigenvalue weighted by atomic mass is 16.7. The average Bonchev–Trinajstić information content (AvgIpc) is 3.11. The van der Waals surface area contributed by atoms with E-state index in [-0.39, 0.29) is 19.2 Å². The molecule has 1 heterocycles. The Labute approximate surface area is 306 Å². The first kappa shape index (κ1) is 47.2. The van der Waals surface area contributed by atoms with Gasteiger partial charge >= 0.3 is 5.97 Å². The highest BCUT2D eigenvalue weighted by molar-refractivity contribution is 5.69. The number of carbonyl (C=O) groups excluding carboxylic acids is 1. The van der Waals surface area contributed by atoms with Crippen LogP contribution >= 0.6 is 0 Å². The molecule has 6 atom stereocenters. The molecule has 1 aliphatic rings. The SMILES string of the molecule is CCCCCCCCCCCCCCCCCC(=O)OC(COCCCCCCCCCCCCCC)COC1OC(CO)C(O)C(O)C1O. The first-order valence-electron chi connectivity index (χ1n) is 21.1. The smallest absolute Gasteiger partial charge is 0.306 e. The molecule has 0 spiro atoms. The van der Waals surface area contributed by atoms with Crippen LogP contribution in [0.5, 0.6) is 0 Å². The van der Waals surface area contributed by atoms with Crippen LogP contribution in [0.25, 0.3) is 0 Å². The summed E-state index contributed by atoms with van der Waals surface area (Å²) in [7, 11) is 0. The number of unbranched alkanes of at least 4 members (excludes halogenated alkanes) is 25. The van der Waals surface area contributed by atoms with Crippen LogP contribution in [0.1, 0.15) is 194 Å². The van der Waals surface area contributed by atoms with E-state index in [9.17, 15) is 25.2 Å². The molecule has 0 bridgehead atoms. The second-order valence-corrected chi connectivity index (χ2v) is 14.8. The van der Waals surface area contributed by atoms with E-state index in [0.717, 1.165) is 32.1 Å². The van der Waals surface area contributed by atoms with Crippen molar-refractivity contribution in [2.75, 3.05) is 26.4 Å². The molecule has 0 aromatic rings. The first-order chi connectivity index (χ1) is 24.4. The van der Waals surface area contributed by atoms with Crippen molar-refractivity contribution < 1.29 is 44.2 Å². The fourth-order valence-electron chi connectivity index (χ4n) is 6.67. The molecule has 0 aromatic heterocycles. The number of aliphatic hydroxyl groups is 4. The lowest BCUT2D eigenvalue weighted by atomic mass is 9.99. The second kappa shape index (κ2) is 34.0. The van der Waals surface area contributed by atoms with Crippen LogP contribution in [-0.4, -0.2) is 89.6 Å². The largest absolute Gasteiger partial charge is 0.457 e. The molecule has 1 rings (SSSR count). The van der Waals surface area contributed by atoms with E-state index in [1.807, 2.05) is 0 Å². The van der Waals surface area contributed by atoms with Crippen molar-refractivity contribution in [2.24, 2.45) is 0 Å². The minimum Gasteiger partial charge on any atom is -0.457 e. The lowest BCUT2D eigenvalue weighted by molar-refractivity contribution is -0.305. The maximum Gasteiger partial charge on any atom is 0.306 e. The molecule has 0 saturated carbocycles. The molecule has 1 fully saturated rings. The Balaban J connectivity index is 2.27. The van der Waals surface area contributed by atoms with E-state index >= 15 is 0 Å². The third-order valence-electron chi connectivity index (χ3n) is 10.0. The van der Waals surface area contributed by atoms with Crippen LogP contribution in [0.2, 0.25) is 0 Å². The summed E-state index contributed by atoms with van der Waals surface area (Å²) in [5.41, 5.74) is 0. The first-order valence-corrected chi connectivity index (χ1v) is 21.1. The highest BCUT2D eigenvalue weighted by Crippen LogP contribution is 2.22. The van der Waals surface area contributed by atoms with Crippen LogP contribution in [0.3, 0.4) is 0 Å². The van der Waals surface area contributed by atoms with Gasteiger partial charge in [-0.15, -0.1) is 0 Å². The summed E-state index contributed by atoms with van der Waals surface area (Å²) in [6.07, 6.45) is 26.9. The zero-order valence-corrected chi connectivity index (χ0v) is 32.4. The molecule has 9 nitrogen and oxygen atoms in total. The van der Waals surface area contributed by atoms with Gasteiger partial charge < -0.3 is 39.4 Å². The van der Waals surface area contributed by atoms with Gasteiger partial charge in [0.1, 0.15) is 30.5 Å². The third-order valence-corrected chi connectivity index (χ3v) is 10.0. The monoisotopic (exact) mass is 717 g/mol. The van der Waals surface area contributed by atoms with E-state index < -0.39 is 43.4 Å². The van der Waals surface area contributed by atoms with E-state index in [1.165, 1.54) is 141 Å².